The minimum absolute atomic E-state index is 0.0278. The molecule has 72 valence electrons. The molecule has 0 spiro atoms. The molecule has 3 heteroatoms. The van der Waals surface area contributed by atoms with Gasteiger partial charge in [-0.3, -0.25) is 0 Å². The number of likely N-dealkylation sites (N-methyl/N-ethyl adjacent to an activating group) is 1. The molecule has 0 aromatic rings. The summed E-state index contributed by atoms with van der Waals surface area (Å²) in [5.74, 6) is 0. The maximum absolute atomic E-state index is 9.59. The first-order valence-corrected chi connectivity index (χ1v) is 4.52. The summed E-state index contributed by atoms with van der Waals surface area (Å²) in [7, 11) is 6.33. The summed E-state index contributed by atoms with van der Waals surface area (Å²) in [6.07, 6.45) is 0.763. The molecule has 1 saturated heterocycles. The standard InChI is InChI=1S/C9H20NO2/c1-7-5-8(11)9(12-7)6-10(2,3)4/h7-9,11H,5-6H2,1-4H3/q+1/t7-,8-,9+/m0/s1. The lowest BCUT2D eigenvalue weighted by Gasteiger charge is -2.28. The Morgan fingerprint density at radius 3 is 2.33 bits per heavy atom. The van der Waals surface area contributed by atoms with Crippen LogP contribution in [0.25, 0.3) is 0 Å². The molecule has 1 heterocycles. The van der Waals surface area contributed by atoms with E-state index in [1.54, 1.807) is 0 Å². The Balaban J connectivity index is 2.43. The van der Waals surface area contributed by atoms with E-state index in [9.17, 15) is 5.11 Å². The molecule has 0 aromatic heterocycles. The van der Waals surface area contributed by atoms with Gasteiger partial charge in [-0.05, 0) is 6.92 Å². The summed E-state index contributed by atoms with van der Waals surface area (Å²) in [6, 6.07) is 0. The van der Waals surface area contributed by atoms with Crippen molar-refractivity contribution in [1.82, 2.24) is 0 Å². The second-order valence-corrected chi connectivity index (χ2v) is 4.76. The number of aliphatic hydroxyl groups excluding tert-OH is 1. The van der Waals surface area contributed by atoms with E-state index in [1.807, 2.05) is 6.92 Å². The summed E-state index contributed by atoms with van der Waals surface area (Å²) in [5, 5.41) is 9.59. The van der Waals surface area contributed by atoms with Crippen molar-refractivity contribution in [3.8, 4) is 0 Å². The Bertz CT molecular complexity index is 153. The first kappa shape index (κ1) is 9.96. The Morgan fingerprint density at radius 2 is 2.00 bits per heavy atom. The lowest BCUT2D eigenvalue weighted by molar-refractivity contribution is -0.873. The summed E-state index contributed by atoms with van der Waals surface area (Å²) in [5.41, 5.74) is 0. The van der Waals surface area contributed by atoms with E-state index in [0.29, 0.717) is 0 Å². The van der Waals surface area contributed by atoms with Crippen LogP contribution in [-0.4, -0.2) is 55.6 Å². The molecule has 3 nitrogen and oxygen atoms in total. The average Bonchev–Trinajstić information content (AvgIpc) is 2.06. The molecule has 0 unspecified atom stereocenters. The van der Waals surface area contributed by atoms with Crippen molar-refractivity contribution in [3.05, 3.63) is 0 Å². The maximum atomic E-state index is 9.59. The second-order valence-electron chi connectivity index (χ2n) is 4.76. The van der Waals surface area contributed by atoms with Crippen LogP contribution in [0.1, 0.15) is 13.3 Å². The zero-order valence-electron chi connectivity index (χ0n) is 8.45. The third-order valence-corrected chi connectivity index (χ3v) is 2.14. The van der Waals surface area contributed by atoms with Gasteiger partial charge in [-0.25, -0.2) is 0 Å². The fourth-order valence-corrected chi connectivity index (χ4v) is 1.64. The van der Waals surface area contributed by atoms with Crippen LogP contribution < -0.4 is 0 Å². The molecule has 0 saturated carbocycles. The Kier molecular flexibility index (Phi) is 2.76. The molecule has 0 amide bonds. The van der Waals surface area contributed by atoms with Gasteiger partial charge in [0, 0.05) is 6.42 Å². The molecular formula is C9H20NO2+. The highest BCUT2D eigenvalue weighted by molar-refractivity contribution is 4.79. The van der Waals surface area contributed by atoms with Crippen molar-refractivity contribution in [3.63, 3.8) is 0 Å². The molecule has 1 aliphatic rings. The molecule has 0 aliphatic carbocycles. The summed E-state index contributed by atoms with van der Waals surface area (Å²) in [6.45, 7) is 2.89. The number of aliphatic hydroxyl groups is 1. The van der Waals surface area contributed by atoms with E-state index >= 15 is 0 Å². The van der Waals surface area contributed by atoms with Crippen molar-refractivity contribution < 1.29 is 14.3 Å². The van der Waals surface area contributed by atoms with Crippen molar-refractivity contribution >= 4 is 0 Å². The van der Waals surface area contributed by atoms with Gasteiger partial charge in [-0.15, -0.1) is 0 Å². The number of nitrogens with zero attached hydrogens (tertiary/aromatic N) is 1. The highest BCUT2D eigenvalue weighted by Gasteiger charge is 2.34. The van der Waals surface area contributed by atoms with Gasteiger partial charge in [0.05, 0.1) is 33.4 Å². The zero-order valence-corrected chi connectivity index (χ0v) is 8.45. The van der Waals surface area contributed by atoms with E-state index in [4.69, 9.17) is 4.74 Å². The van der Waals surface area contributed by atoms with Crippen LogP contribution in [0.4, 0.5) is 0 Å². The summed E-state index contributed by atoms with van der Waals surface area (Å²) in [4.78, 5) is 0. The Labute approximate surface area is 74.5 Å². The van der Waals surface area contributed by atoms with Crippen molar-refractivity contribution in [2.24, 2.45) is 0 Å². The Hall–Kier alpha value is -0.120. The van der Waals surface area contributed by atoms with Crippen molar-refractivity contribution in [1.29, 1.82) is 0 Å². The largest absolute Gasteiger partial charge is 0.390 e. The monoisotopic (exact) mass is 174 g/mol. The molecule has 1 N–H and O–H groups in total. The lowest BCUT2D eigenvalue weighted by atomic mass is 10.1. The zero-order chi connectivity index (χ0) is 9.35. The van der Waals surface area contributed by atoms with Crippen LogP contribution in [0, 0.1) is 0 Å². The number of rotatable bonds is 2. The number of hydrogen-bond donors (Lipinski definition) is 1. The fourth-order valence-electron chi connectivity index (χ4n) is 1.64. The first-order chi connectivity index (χ1) is 5.38. The number of hydrogen-bond acceptors (Lipinski definition) is 2. The van der Waals surface area contributed by atoms with Crippen LogP contribution in [0.3, 0.4) is 0 Å². The molecular weight excluding hydrogens is 154 g/mol. The van der Waals surface area contributed by atoms with Gasteiger partial charge in [0.25, 0.3) is 0 Å². The molecule has 12 heavy (non-hydrogen) atoms. The summed E-state index contributed by atoms with van der Waals surface area (Å²) >= 11 is 0. The molecule has 0 radical (unpaired) electrons. The minimum Gasteiger partial charge on any atom is -0.390 e. The van der Waals surface area contributed by atoms with E-state index in [-0.39, 0.29) is 18.3 Å². The lowest BCUT2D eigenvalue weighted by Crippen LogP contribution is -2.44. The molecule has 1 rings (SSSR count). The van der Waals surface area contributed by atoms with Crippen LogP contribution in [0.5, 0.6) is 0 Å². The van der Waals surface area contributed by atoms with Gasteiger partial charge in [-0.1, -0.05) is 0 Å². The van der Waals surface area contributed by atoms with E-state index < -0.39 is 0 Å². The highest BCUT2D eigenvalue weighted by atomic mass is 16.5. The third kappa shape index (κ3) is 2.73. The average molecular weight is 174 g/mol. The van der Waals surface area contributed by atoms with Gasteiger partial charge < -0.3 is 14.3 Å². The smallest absolute Gasteiger partial charge is 0.132 e. The maximum Gasteiger partial charge on any atom is 0.132 e. The fraction of sp³-hybridized carbons (Fsp3) is 1.00. The van der Waals surface area contributed by atoms with Crippen LogP contribution in [0.15, 0.2) is 0 Å². The van der Waals surface area contributed by atoms with Crippen LogP contribution in [0.2, 0.25) is 0 Å². The molecule has 1 fully saturated rings. The van der Waals surface area contributed by atoms with Crippen molar-refractivity contribution in [2.75, 3.05) is 27.7 Å². The van der Waals surface area contributed by atoms with Crippen LogP contribution >= 0.6 is 0 Å². The van der Waals surface area contributed by atoms with Gasteiger partial charge >= 0.3 is 0 Å². The molecule has 3 atom stereocenters. The predicted octanol–water partition coefficient (Wildman–Crippen LogP) is 0.231. The first-order valence-electron chi connectivity index (χ1n) is 4.52. The third-order valence-electron chi connectivity index (χ3n) is 2.14. The normalized spacial score (nSPS) is 37.2. The van der Waals surface area contributed by atoms with Crippen LogP contribution in [-0.2, 0) is 4.74 Å². The van der Waals surface area contributed by atoms with Gasteiger partial charge in [0.15, 0.2) is 0 Å². The SMILES string of the molecule is C[C@H]1C[C@H](O)[C@@H](C[N+](C)(C)C)O1. The highest BCUT2D eigenvalue weighted by Crippen LogP contribution is 2.21. The number of quaternary nitrogens is 1. The second kappa shape index (κ2) is 3.32. The van der Waals surface area contributed by atoms with Gasteiger partial charge in [0.1, 0.15) is 12.6 Å². The van der Waals surface area contributed by atoms with E-state index in [1.165, 1.54) is 0 Å². The molecule has 0 bridgehead atoms. The van der Waals surface area contributed by atoms with E-state index in [2.05, 4.69) is 21.1 Å². The molecule has 0 aromatic carbocycles. The van der Waals surface area contributed by atoms with E-state index in [0.717, 1.165) is 17.4 Å². The van der Waals surface area contributed by atoms with Gasteiger partial charge in [-0.2, -0.15) is 0 Å². The minimum atomic E-state index is -0.266. The van der Waals surface area contributed by atoms with Crippen molar-refractivity contribution in [2.45, 2.75) is 31.7 Å². The van der Waals surface area contributed by atoms with Gasteiger partial charge in [0.2, 0.25) is 0 Å². The Morgan fingerprint density at radius 1 is 1.42 bits per heavy atom. The molecule has 1 aliphatic heterocycles. The number of ether oxygens (including phenoxy) is 1. The summed E-state index contributed by atoms with van der Waals surface area (Å²) < 4.78 is 6.43. The predicted molar refractivity (Wildman–Crippen MR) is 47.9 cm³/mol. The topological polar surface area (TPSA) is 29.5 Å². The quantitative estimate of drug-likeness (QED) is 0.607.